The number of halogens is 1. The van der Waals surface area contributed by atoms with Gasteiger partial charge < -0.3 is 9.84 Å². The van der Waals surface area contributed by atoms with E-state index in [-0.39, 0.29) is 6.10 Å². The summed E-state index contributed by atoms with van der Waals surface area (Å²) in [7, 11) is 0. The molecule has 1 fully saturated rings. The number of fused-ring (bicyclic) bond motifs is 3. The molecule has 1 aromatic carbocycles. The summed E-state index contributed by atoms with van der Waals surface area (Å²) in [6, 6.07) is 11.6. The van der Waals surface area contributed by atoms with Crippen LogP contribution in [0.15, 0.2) is 42.6 Å². The topological polar surface area (TPSA) is 73.1 Å². The summed E-state index contributed by atoms with van der Waals surface area (Å²) in [5.41, 5.74) is 2.07. The highest BCUT2D eigenvalue weighted by Gasteiger charge is 2.31. The summed E-state index contributed by atoms with van der Waals surface area (Å²) in [5, 5.41) is 20.1. The minimum absolute atomic E-state index is 0.177. The number of hydrogen-bond acceptors (Lipinski definition) is 5. The summed E-state index contributed by atoms with van der Waals surface area (Å²) in [6.07, 6.45) is 6.43. The highest BCUT2D eigenvalue weighted by Crippen LogP contribution is 2.37. The zero-order valence-electron chi connectivity index (χ0n) is 16.0. The molecule has 0 bridgehead atoms. The maximum absolute atomic E-state index is 10.4. The first-order valence-electron chi connectivity index (χ1n) is 10.2. The Morgan fingerprint density at radius 1 is 1.03 bits per heavy atom. The van der Waals surface area contributed by atoms with E-state index in [9.17, 15) is 5.11 Å². The lowest BCUT2D eigenvalue weighted by molar-refractivity contribution is 0.139. The molecule has 0 radical (unpaired) electrons. The Morgan fingerprint density at radius 3 is 2.69 bits per heavy atom. The molecule has 29 heavy (non-hydrogen) atoms. The van der Waals surface area contributed by atoms with E-state index in [0.717, 1.165) is 48.6 Å². The van der Waals surface area contributed by atoms with Gasteiger partial charge in [0, 0.05) is 36.0 Å². The number of aromatic nitrogens is 4. The van der Waals surface area contributed by atoms with Crippen LogP contribution in [0, 0.1) is 0 Å². The van der Waals surface area contributed by atoms with Gasteiger partial charge in [0.15, 0.2) is 0 Å². The van der Waals surface area contributed by atoms with Crippen LogP contribution in [0.3, 0.4) is 0 Å². The summed E-state index contributed by atoms with van der Waals surface area (Å²) in [4.78, 5) is 4.27. The third kappa shape index (κ3) is 3.74. The molecule has 1 aliphatic heterocycles. The van der Waals surface area contributed by atoms with Gasteiger partial charge in [0.1, 0.15) is 17.8 Å². The predicted octanol–water partition coefficient (Wildman–Crippen LogP) is 3.88. The van der Waals surface area contributed by atoms with Crippen molar-refractivity contribution in [2.75, 3.05) is 0 Å². The molecule has 7 heteroatoms. The monoisotopic (exact) mass is 410 g/mol. The first-order valence-corrected chi connectivity index (χ1v) is 10.5. The molecule has 0 amide bonds. The molecule has 150 valence electrons. The molecule has 0 spiro atoms. The Labute approximate surface area is 174 Å². The molecule has 3 aromatic rings. The lowest BCUT2D eigenvalue weighted by atomic mass is 9.86. The Balaban J connectivity index is 1.39. The van der Waals surface area contributed by atoms with E-state index in [1.54, 1.807) is 6.20 Å². The van der Waals surface area contributed by atoms with Crippen molar-refractivity contribution in [2.24, 2.45) is 0 Å². The number of ether oxygens (including phenoxy) is 1. The van der Waals surface area contributed by atoms with Crippen LogP contribution in [0.5, 0.6) is 5.88 Å². The summed E-state index contributed by atoms with van der Waals surface area (Å²) >= 11 is 6.30. The summed E-state index contributed by atoms with van der Waals surface area (Å²) in [6.45, 7) is 0. The van der Waals surface area contributed by atoms with Crippen LogP contribution in [0.4, 0.5) is 0 Å². The fourth-order valence-electron chi connectivity index (χ4n) is 4.47. The van der Waals surface area contributed by atoms with E-state index in [0.29, 0.717) is 29.7 Å². The van der Waals surface area contributed by atoms with Crippen LogP contribution >= 0.6 is 11.6 Å². The van der Waals surface area contributed by atoms with Crippen LogP contribution in [-0.2, 0) is 12.8 Å². The predicted molar refractivity (Wildman–Crippen MR) is 110 cm³/mol. The molecule has 1 saturated carbocycles. The van der Waals surface area contributed by atoms with Gasteiger partial charge >= 0.3 is 0 Å². The Hall–Kier alpha value is -2.44. The quantitative estimate of drug-likeness (QED) is 0.709. The molecular formula is C22H23ClN4O2. The van der Waals surface area contributed by atoms with Crippen LogP contribution in [-0.4, -0.2) is 37.1 Å². The van der Waals surface area contributed by atoms with Crippen molar-refractivity contribution in [3.63, 3.8) is 0 Å². The van der Waals surface area contributed by atoms with Gasteiger partial charge in [0.05, 0.1) is 11.8 Å². The third-order valence-electron chi connectivity index (χ3n) is 5.88. The number of aliphatic hydroxyl groups excluding tert-OH is 1. The second-order valence-electron chi connectivity index (χ2n) is 7.90. The standard InChI is InChI=1S/C22H23ClN4O2/c23-16-7-4-15-11-17(28)13-20-25-26-22(27(20)19(15)12-16)14-5-8-18(9-6-14)29-21-3-1-2-10-24-21/h1-4,7,10,12,14,17-18,28H,5-6,8-9,11,13H2. The van der Waals surface area contributed by atoms with Gasteiger partial charge in [-0.2, -0.15) is 0 Å². The third-order valence-corrected chi connectivity index (χ3v) is 6.12. The van der Waals surface area contributed by atoms with Gasteiger partial charge in [-0.1, -0.05) is 23.7 Å². The van der Waals surface area contributed by atoms with E-state index >= 15 is 0 Å². The van der Waals surface area contributed by atoms with E-state index in [1.807, 2.05) is 36.4 Å². The van der Waals surface area contributed by atoms with Crippen molar-refractivity contribution in [3.8, 4) is 11.6 Å². The largest absolute Gasteiger partial charge is 0.474 e. The number of pyridine rings is 1. The van der Waals surface area contributed by atoms with E-state index in [4.69, 9.17) is 16.3 Å². The summed E-state index contributed by atoms with van der Waals surface area (Å²) < 4.78 is 8.16. The smallest absolute Gasteiger partial charge is 0.213 e. The first-order chi connectivity index (χ1) is 14.2. The van der Waals surface area contributed by atoms with Gasteiger partial charge in [-0.3, -0.25) is 4.57 Å². The second-order valence-corrected chi connectivity index (χ2v) is 8.34. The highest BCUT2D eigenvalue weighted by molar-refractivity contribution is 6.30. The van der Waals surface area contributed by atoms with Crippen molar-refractivity contribution in [1.82, 2.24) is 19.7 Å². The summed E-state index contributed by atoms with van der Waals surface area (Å²) in [5.74, 6) is 2.76. The molecule has 0 saturated heterocycles. The Morgan fingerprint density at radius 2 is 1.90 bits per heavy atom. The zero-order valence-corrected chi connectivity index (χ0v) is 16.8. The van der Waals surface area contributed by atoms with Gasteiger partial charge in [-0.15, -0.1) is 10.2 Å². The molecule has 6 nitrogen and oxygen atoms in total. The minimum Gasteiger partial charge on any atom is -0.474 e. The van der Waals surface area contributed by atoms with Crippen molar-refractivity contribution in [2.45, 2.75) is 56.7 Å². The highest BCUT2D eigenvalue weighted by atomic mass is 35.5. The van der Waals surface area contributed by atoms with Crippen LogP contribution in [0.1, 0.15) is 48.8 Å². The van der Waals surface area contributed by atoms with Gasteiger partial charge in [0.2, 0.25) is 5.88 Å². The van der Waals surface area contributed by atoms with E-state index in [1.165, 1.54) is 0 Å². The van der Waals surface area contributed by atoms with Crippen LogP contribution < -0.4 is 4.74 Å². The molecule has 1 unspecified atom stereocenters. The van der Waals surface area contributed by atoms with Crippen LogP contribution in [0.25, 0.3) is 5.69 Å². The van der Waals surface area contributed by atoms with Gasteiger partial charge in [0.25, 0.3) is 0 Å². The van der Waals surface area contributed by atoms with E-state index in [2.05, 4.69) is 19.7 Å². The average molecular weight is 411 g/mol. The number of hydrogen-bond donors (Lipinski definition) is 1. The number of aliphatic hydroxyl groups is 1. The zero-order chi connectivity index (χ0) is 19.8. The maximum atomic E-state index is 10.4. The number of benzene rings is 1. The number of nitrogens with zero attached hydrogens (tertiary/aromatic N) is 4. The van der Waals surface area contributed by atoms with E-state index < -0.39 is 6.10 Å². The fourth-order valence-corrected chi connectivity index (χ4v) is 4.64. The second kappa shape index (κ2) is 7.76. The van der Waals surface area contributed by atoms with Crippen molar-refractivity contribution < 1.29 is 9.84 Å². The SMILES string of the molecule is OC1Cc2ccc(Cl)cc2-n2c(nnc2C2CCC(Oc3ccccn3)CC2)C1. The lowest BCUT2D eigenvalue weighted by Gasteiger charge is -2.28. The molecule has 2 aromatic heterocycles. The molecule has 1 N–H and O–H groups in total. The van der Waals surface area contributed by atoms with Crippen LogP contribution in [0.2, 0.25) is 5.02 Å². The molecule has 5 rings (SSSR count). The molecule has 3 heterocycles. The molecule has 1 aliphatic carbocycles. The normalized spacial score (nSPS) is 23.7. The molecule has 1 atom stereocenters. The Kier molecular flexibility index (Phi) is 4.97. The fraction of sp³-hybridized carbons (Fsp3) is 0.409. The minimum atomic E-state index is -0.462. The number of rotatable bonds is 3. The lowest BCUT2D eigenvalue weighted by Crippen LogP contribution is -2.25. The van der Waals surface area contributed by atoms with Crippen molar-refractivity contribution in [1.29, 1.82) is 0 Å². The maximum Gasteiger partial charge on any atom is 0.213 e. The van der Waals surface area contributed by atoms with Gasteiger partial charge in [-0.25, -0.2) is 4.98 Å². The van der Waals surface area contributed by atoms with Gasteiger partial charge in [-0.05, 0) is 49.4 Å². The van der Waals surface area contributed by atoms with Crippen molar-refractivity contribution >= 4 is 11.6 Å². The van der Waals surface area contributed by atoms with Crippen molar-refractivity contribution in [3.05, 3.63) is 64.8 Å². The molecular weight excluding hydrogens is 388 g/mol. The average Bonchev–Trinajstić information content (AvgIpc) is 3.08. The first kappa shape index (κ1) is 18.6. The molecule has 2 aliphatic rings. The Bertz CT molecular complexity index is 999.